The number of likely N-dealkylation sites (tertiary alicyclic amines) is 1. The molecule has 0 radical (unpaired) electrons. The van der Waals surface area contributed by atoms with E-state index in [1.165, 1.54) is 0 Å². The second kappa shape index (κ2) is 5.34. The van der Waals surface area contributed by atoms with Gasteiger partial charge in [-0.15, -0.1) is 0 Å². The molecule has 1 aromatic carbocycles. The number of hydrogen-bond donors (Lipinski definition) is 1. The summed E-state index contributed by atoms with van der Waals surface area (Å²) in [7, 11) is 0. The van der Waals surface area contributed by atoms with Crippen LogP contribution in [0, 0.1) is 5.41 Å². The van der Waals surface area contributed by atoms with Gasteiger partial charge in [0, 0.05) is 37.2 Å². The summed E-state index contributed by atoms with van der Waals surface area (Å²) in [4.78, 5) is 28.0. The summed E-state index contributed by atoms with van der Waals surface area (Å²) in [5, 5.41) is 10.1. The predicted octanol–water partition coefficient (Wildman–Crippen LogP) is 1.34. The second-order valence-corrected chi connectivity index (χ2v) is 7.15. The first-order valence-electron chi connectivity index (χ1n) is 8.43. The highest BCUT2D eigenvalue weighted by molar-refractivity contribution is 5.95. The van der Waals surface area contributed by atoms with Crippen LogP contribution in [0.4, 0.5) is 5.69 Å². The Labute approximate surface area is 135 Å². The minimum absolute atomic E-state index is 0.000517. The summed E-state index contributed by atoms with van der Waals surface area (Å²) in [5.74, 6) is 0.226. The van der Waals surface area contributed by atoms with Gasteiger partial charge in [0.05, 0.1) is 12.5 Å². The third-order valence-corrected chi connectivity index (χ3v) is 5.50. The molecule has 1 atom stereocenters. The molecule has 5 heteroatoms. The van der Waals surface area contributed by atoms with Gasteiger partial charge in [-0.1, -0.05) is 12.1 Å². The normalized spacial score (nSPS) is 25.4. The van der Waals surface area contributed by atoms with Gasteiger partial charge in [-0.25, -0.2) is 0 Å². The summed E-state index contributed by atoms with van der Waals surface area (Å²) in [6, 6.07) is 7.71. The van der Waals surface area contributed by atoms with Crippen LogP contribution >= 0.6 is 0 Å². The minimum atomic E-state index is -0.361. The number of nitrogens with zero attached hydrogens (tertiary/aromatic N) is 2. The Hall–Kier alpha value is -1.88. The monoisotopic (exact) mass is 314 g/mol. The Kier molecular flexibility index (Phi) is 3.41. The summed E-state index contributed by atoms with van der Waals surface area (Å²) in [6.45, 7) is 1.91. The van der Waals surface area contributed by atoms with E-state index in [1.807, 2.05) is 24.3 Å². The molecule has 4 rings (SSSR count). The largest absolute Gasteiger partial charge is 0.391 e. The van der Waals surface area contributed by atoms with Crippen molar-refractivity contribution in [3.05, 3.63) is 29.8 Å². The number of anilines is 1. The van der Waals surface area contributed by atoms with E-state index in [0.29, 0.717) is 25.9 Å². The maximum atomic E-state index is 12.5. The van der Waals surface area contributed by atoms with Crippen LogP contribution in [0.5, 0.6) is 0 Å². The van der Waals surface area contributed by atoms with Gasteiger partial charge in [-0.2, -0.15) is 0 Å². The van der Waals surface area contributed by atoms with Crippen LogP contribution in [0.3, 0.4) is 0 Å². The highest BCUT2D eigenvalue weighted by atomic mass is 16.3. The molecule has 1 aromatic rings. The van der Waals surface area contributed by atoms with E-state index in [0.717, 1.165) is 37.1 Å². The zero-order chi connectivity index (χ0) is 16.0. The highest BCUT2D eigenvalue weighted by Gasteiger charge is 2.55. The van der Waals surface area contributed by atoms with Crippen molar-refractivity contribution in [2.75, 3.05) is 24.5 Å². The quantitative estimate of drug-likeness (QED) is 0.916. The van der Waals surface area contributed by atoms with Gasteiger partial charge in [0.1, 0.15) is 0 Å². The van der Waals surface area contributed by atoms with Gasteiger partial charge in [0.25, 0.3) is 0 Å². The standard InChI is InChI=1S/C18H22N2O3/c21-15-11-19(12-18(15)6-7-18)17(23)10-13-3-1-4-14(9-13)20-8-2-5-16(20)22/h1,3-4,9,15,21H,2,5-8,10-12H2. The first-order valence-corrected chi connectivity index (χ1v) is 8.43. The lowest BCUT2D eigenvalue weighted by molar-refractivity contribution is -0.129. The summed E-state index contributed by atoms with van der Waals surface area (Å²) in [6.07, 6.45) is 3.54. The van der Waals surface area contributed by atoms with E-state index in [9.17, 15) is 14.7 Å². The van der Waals surface area contributed by atoms with E-state index in [2.05, 4.69) is 0 Å². The van der Waals surface area contributed by atoms with E-state index < -0.39 is 0 Å². The third kappa shape index (κ3) is 2.63. The molecule has 0 bridgehead atoms. The topological polar surface area (TPSA) is 60.9 Å². The van der Waals surface area contributed by atoms with Crippen molar-refractivity contribution < 1.29 is 14.7 Å². The molecule has 0 aromatic heterocycles. The molecule has 2 aliphatic heterocycles. The maximum Gasteiger partial charge on any atom is 0.227 e. The van der Waals surface area contributed by atoms with Crippen LogP contribution in [-0.4, -0.2) is 47.6 Å². The lowest BCUT2D eigenvalue weighted by Gasteiger charge is -2.18. The van der Waals surface area contributed by atoms with Crippen molar-refractivity contribution in [1.82, 2.24) is 4.90 Å². The van der Waals surface area contributed by atoms with Crippen molar-refractivity contribution in [3.8, 4) is 0 Å². The first kappa shape index (κ1) is 14.7. The van der Waals surface area contributed by atoms with Crippen LogP contribution in [0.25, 0.3) is 0 Å². The number of amides is 2. The van der Waals surface area contributed by atoms with Gasteiger partial charge in [-0.05, 0) is 37.0 Å². The van der Waals surface area contributed by atoms with Crippen LogP contribution in [-0.2, 0) is 16.0 Å². The zero-order valence-corrected chi connectivity index (χ0v) is 13.2. The molecular weight excluding hydrogens is 292 g/mol. The SMILES string of the molecule is O=C(Cc1cccc(N2CCCC2=O)c1)N1CC(O)C2(CC2)C1. The molecule has 5 nitrogen and oxygen atoms in total. The third-order valence-electron chi connectivity index (χ3n) is 5.50. The van der Waals surface area contributed by atoms with Crippen molar-refractivity contribution in [2.24, 2.45) is 5.41 Å². The van der Waals surface area contributed by atoms with Crippen molar-refractivity contribution in [2.45, 2.75) is 38.2 Å². The summed E-state index contributed by atoms with van der Waals surface area (Å²) in [5.41, 5.74) is 1.82. The molecular formula is C18H22N2O3. The predicted molar refractivity (Wildman–Crippen MR) is 86.0 cm³/mol. The molecule has 23 heavy (non-hydrogen) atoms. The molecule has 122 valence electrons. The van der Waals surface area contributed by atoms with Crippen molar-refractivity contribution in [1.29, 1.82) is 0 Å². The molecule has 2 amide bonds. The Morgan fingerprint density at radius 1 is 1.35 bits per heavy atom. The fourth-order valence-corrected chi connectivity index (χ4v) is 3.84. The number of rotatable bonds is 3. The van der Waals surface area contributed by atoms with Crippen LogP contribution < -0.4 is 4.90 Å². The van der Waals surface area contributed by atoms with Gasteiger partial charge >= 0.3 is 0 Å². The van der Waals surface area contributed by atoms with Gasteiger partial charge in [-0.3, -0.25) is 9.59 Å². The van der Waals surface area contributed by atoms with Gasteiger partial charge in [0.15, 0.2) is 0 Å². The lowest BCUT2D eigenvalue weighted by Crippen LogP contribution is -2.31. The molecule has 1 saturated carbocycles. The Balaban J connectivity index is 1.44. The number of benzene rings is 1. The Bertz CT molecular complexity index is 653. The maximum absolute atomic E-state index is 12.5. The van der Waals surface area contributed by atoms with Crippen LogP contribution in [0.15, 0.2) is 24.3 Å². The molecule has 2 saturated heterocycles. The van der Waals surface area contributed by atoms with Crippen LogP contribution in [0.2, 0.25) is 0 Å². The van der Waals surface area contributed by atoms with Gasteiger partial charge < -0.3 is 14.9 Å². The lowest BCUT2D eigenvalue weighted by atomic mass is 10.0. The molecule has 1 N–H and O–H groups in total. The Morgan fingerprint density at radius 2 is 2.17 bits per heavy atom. The van der Waals surface area contributed by atoms with Crippen LogP contribution in [0.1, 0.15) is 31.2 Å². The summed E-state index contributed by atoms with van der Waals surface area (Å²) >= 11 is 0. The number of aliphatic hydroxyl groups excluding tert-OH is 1. The van der Waals surface area contributed by atoms with E-state index in [1.54, 1.807) is 9.80 Å². The molecule has 1 aliphatic carbocycles. The highest BCUT2D eigenvalue weighted by Crippen LogP contribution is 2.52. The van der Waals surface area contributed by atoms with Crippen molar-refractivity contribution >= 4 is 17.5 Å². The molecule has 1 unspecified atom stereocenters. The minimum Gasteiger partial charge on any atom is -0.391 e. The smallest absolute Gasteiger partial charge is 0.227 e. The molecule has 1 spiro atoms. The Morgan fingerprint density at radius 3 is 2.83 bits per heavy atom. The van der Waals surface area contributed by atoms with E-state index in [-0.39, 0.29) is 23.3 Å². The average molecular weight is 314 g/mol. The van der Waals surface area contributed by atoms with Crippen molar-refractivity contribution in [3.63, 3.8) is 0 Å². The summed E-state index contributed by atoms with van der Waals surface area (Å²) < 4.78 is 0. The van der Waals surface area contributed by atoms with Gasteiger partial charge in [0.2, 0.25) is 11.8 Å². The average Bonchev–Trinajstić information content (AvgIpc) is 3.07. The molecule has 2 heterocycles. The first-order chi connectivity index (χ1) is 11.1. The number of aliphatic hydroxyl groups is 1. The van der Waals surface area contributed by atoms with E-state index >= 15 is 0 Å². The fraction of sp³-hybridized carbons (Fsp3) is 0.556. The molecule has 3 fully saturated rings. The second-order valence-electron chi connectivity index (χ2n) is 7.15. The zero-order valence-electron chi connectivity index (χ0n) is 13.2. The van der Waals surface area contributed by atoms with E-state index in [4.69, 9.17) is 0 Å². The number of hydrogen-bond acceptors (Lipinski definition) is 3. The number of carbonyl (C=O) groups excluding carboxylic acids is 2. The number of β-amino-alcohol motifs (C(OH)–C–C–N with tert-alkyl or cyclic N) is 1. The fourth-order valence-electron chi connectivity index (χ4n) is 3.84. The number of carbonyl (C=O) groups is 2. The molecule has 3 aliphatic rings.